The lowest BCUT2D eigenvalue weighted by atomic mass is 10.0. The monoisotopic (exact) mass is 442 g/mol. The first-order chi connectivity index (χ1) is 14.4. The van der Waals surface area contributed by atoms with Crippen LogP contribution in [-0.4, -0.2) is 12.7 Å². The predicted molar refractivity (Wildman–Crippen MR) is 115 cm³/mol. The van der Waals surface area contributed by atoms with E-state index in [1.54, 1.807) is 0 Å². The molecule has 3 aromatic rings. The third-order valence-electron chi connectivity index (χ3n) is 4.85. The van der Waals surface area contributed by atoms with E-state index >= 15 is 0 Å². The Balaban J connectivity index is 2.11. The second kappa shape index (κ2) is 9.40. The van der Waals surface area contributed by atoms with Gasteiger partial charge in [0, 0.05) is 17.1 Å². The van der Waals surface area contributed by atoms with Crippen LogP contribution in [0.5, 0.6) is 0 Å². The van der Waals surface area contributed by atoms with E-state index < -0.39 is 21.9 Å². The first kappa shape index (κ1) is 22.0. The van der Waals surface area contributed by atoms with Gasteiger partial charge >= 0.3 is 0 Å². The maximum absolute atomic E-state index is 14.6. The fraction of sp³-hybridized carbons (Fsp3) is 0.174. The van der Waals surface area contributed by atoms with Crippen molar-refractivity contribution in [3.05, 3.63) is 100 Å². The van der Waals surface area contributed by atoms with Gasteiger partial charge in [-0.15, -0.1) is 0 Å². The van der Waals surface area contributed by atoms with Crippen LogP contribution in [0.4, 0.5) is 4.39 Å². The zero-order valence-corrected chi connectivity index (χ0v) is 17.9. The Morgan fingerprint density at radius 2 is 1.73 bits per heavy atom. The molecule has 154 valence electrons. The molecule has 7 heteroatoms. The number of hydrogen-bond donors (Lipinski definition) is 0. The standard InChI is InChI=1S/C23H20ClFN2O2S/c1-2-23(18-6-4-3-5-7-18)27(16-19-9-8-17(15-26)14-22(19)25)30(28,29)21-12-10-20(24)11-13-21/h3-14,23H,2,16H2,1H3/t23-/m0/s1. The molecule has 0 saturated carbocycles. The van der Waals surface area contributed by atoms with Crippen molar-refractivity contribution >= 4 is 21.6 Å². The number of nitrogens with zero attached hydrogens (tertiary/aromatic N) is 2. The van der Waals surface area contributed by atoms with E-state index in [1.807, 2.05) is 43.3 Å². The van der Waals surface area contributed by atoms with Crippen LogP contribution in [0.15, 0.2) is 77.7 Å². The molecule has 0 spiro atoms. The van der Waals surface area contributed by atoms with Gasteiger partial charge in [-0.2, -0.15) is 9.57 Å². The highest BCUT2D eigenvalue weighted by Crippen LogP contribution is 2.33. The zero-order chi connectivity index (χ0) is 21.7. The molecule has 0 heterocycles. The molecule has 0 unspecified atom stereocenters. The van der Waals surface area contributed by atoms with Crippen LogP contribution < -0.4 is 0 Å². The van der Waals surface area contributed by atoms with Crippen molar-refractivity contribution in [2.45, 2.75) is 30.8 Å². The largest absolute Gasteiger partial charge is 0.243 e. The van der Waals surface area contributed by atoms with Crippen LogP contribution in [0.3, 0.4) is 0 Å². The molecule has 0 saturated heterocycles. The number of halogens is 2. The summed E-state index contributed by atoms with van der Waals surface area (Å²) in [5.74, 6) is -0.617. The van der Waals surface area contributed by atoms with Crippen molar-refractivity contribution in [1.82, 2.24) is 4.31 Å². The quantitative estimate of drug-likeness (QED) is 0.472. The van der Waals surface area contributed by atoms with Crippen LogP contribution >= 0.6 is 11.6 Å². The highest BCUT2D eigenvalue weighted by atomic mass is 35.5. The Labute approximate surface area is 181 Å². The molecule has 4 nitrogen and oxygen atoms in total. The van der Waals surface area contributed by atoms with Gasteiger partial charge in [-0.3, -0.25) is 0 Å². The van der Waals surface area contributed by atoms with Gasteiger partial charge in [0.05, 0.1) is 22.6 Å². The summed E-state index contributed by atoms with van der Waals surface area (Å²) in [6.45, 7) is 1.72. The van der Waals surface area contributed by atoms with Crippen LogP contribution in [0.25, 0.3) is 0 Å². The summed E-state index contributed by atoms with van der Waals surface area (Å²) >= 11 is 5.92. The summed E-state index contributed by atoms with van der Waals surface area (Å²) in [4.78, 5) is 0.0790. The highest BCUT2D eigenvalue weighted by Gasteiger charge is 2.32. The molecule has 0 N–H and O–H groups in total. The van der Waals surface area contributed by atoms with E-state index in [0.29, 0.717) is 11.4 Å². The molecular formula is C23H20ClFN2O2S. The summed E-state index contributed by atoms with van der Waals surface area (Å²) in [5.41, 5.74) is 1.19. The van der Waals surface area contributed by atoms with Gasteiger partial charge in [-0.05, 0) is 48.4 Å². The van der Waals surface area contributed by atoms with E-state index in [-0.39, 0.29) is 22.6 Å². The second-order valence-corrected chi connectivity index (χ2v) is 9.08. The molecule has 0 fully saturated rings. The van der Waals surface area contributed by atoms with Gasteiger partial charge in [0.2, 0.25) is 10.0 Å². The summed E-state index contributed by atoms with van der Waals surface area (Å²) < 4.78 is 43.1. The molecule has 0 aliphatic heterocycles. The summed E-state index contributed by atoms with van der Waals surface area (Å²) in [5, 5.41) is 9.40. The molecule has 3 aromatic carbocycles. The number of nitriles is 1. The van der Waals surface area contributed by atoms with E-state index in [9.17, 15) is 12.8 Å². The normalized spacial score (nSPS) is 12.5. The van der Waals surface area contributed by atoms with Crippen molar-refractivity contribution in [3.63, 3.8) is 0 Å². The maximum atomic E-state index is 14.6. The smallest absolute Gasteiger partial charge is 0.207 e. The van der Waals surface area contributed by atoms with Gasteiger partial charge in [-0.1, -0.05) is 54.9 Å². The fourth-order valence-electron chi connectivity index (χ4n) is 3.30. The second-order valence-electron chi connectivity index (χ2n) is 6.76. The Bertz CT molecular complexity index is 1160. The molecule has 0 aliphatic carbocycles. The number of hydrogen-bond acceptors (Lipinski definition) is 3. The summed E-state index contributed by atoms with van der Waals surface area (Å²) in [6, 6.07) is 20.6. The molecule has 0 amide bonds. The molecule has 0 radical (unpaired) electrons. The lowest BCUT2D eigenvalue weighted by Gasteiger charge is -2.31. The minimum absolute atomic E-state index is 0.0790. The van der Waals surface area contributed by atoms with E-state index in [0.717, 1.165) is 11.6 Å². The van der Waals surface area contributed by atoms with Crippen LogP contribution in [0.2, 0.25) is 5.02 Å². The fourth-order valence-corrected chi connectivity index (χ4v) is 5.09. The number of rotatable bonds is 7. The number of benzene rings is 3. The van der Waals surface area contributed by atoms with Crippen molar-refractivity contribution in [2.75, 3.05) is 0 Å². The SMILES string of the molecule is CC[C@@H](c1ccccc1)N(Cc1ccc(C#N)cc1F)S(=O)(=O)c1ccc(Cl)cc1. The molecular weight excluding hydrogens is 423 g/mol. The minimum Gasteiger partial charge on any atom is -0.207 e. The maximum Gasteiger partial charge on any atom is 0.243 e. The minimum atomic E-state index is -3.96. The topological polar surface area (TPSA) is 61.2 Å². The van der Waals surface area contributed by atoms with Crippen molar-refractivity contribution in [2.24, 2.45) is 0 Å². The first-order valence-corrected chi connectivity index (χ1v) is 11.2. The molecule has 1 atom stereocenters. The number of sulfonamides is 1. The third kappa shape index (κ3) is 4.71. The van der Waals surface area contributed by atoms with Gasteiger partial charge < -0.3 is 0 Å². The van der Waals surface area contributed by atoms with Gasteiger partial charge in [0.25, 0.3) is 0 Å². The highest BCUT2D eigenvalue weighted by molar-refractivity contribution is 7.89. The van der Waals surface area contributed by atoms with Gasteiger partial charge in [-0.25, -0.2) is 12.8 Å². The van der Waals surface area contributed by atoms with Crippen molar-refractivity contribution in [3.8, 4) is 6.07 Å². The average Bonchev–Trinajstić information content (AvgIpc) is 2.75. The molecule has 3 rings (SSSR count). The Hall–Kier alpha value is -2.72. The van der Waals surface area contributed by atoms with Gasteiger partial charge in [0.15, 0.2) is 0 Å². The molecule has 0 bridgehead atoms. The van der Waals surface area contributed by atoms with E-state index in [1.165, 1.54) is 40.7 Å². The van der Waals surface area contributed by atoms with Crippen molar-refractivity contribution in [1.29, 1.82) is 5.26 Å². The lowest BCUT2D eigenvalue weighted by molar-refractivity contribution is 0.306. The Morgan fingerprint density at radius 1 is 1.07 bits per heavy atom. The van der Waals surface area contributed by atoms with Crippen molar-refractivity contribution < 1.29 is 12.8 Å². The van der Waals surface area contributed by atoms with Crippen LogP contribution in [-0.2, 0) is 16.6 Å². The predicted octanol–water partition coefficient (Wildman–Crippen LogP) is 5.69. The molecule has 0 aliphatic rings. The Morgan fingerprint density at radius 3 is 2.30 bits per heavy atom. The third-order valence-corrected chi connectivity index (χ3v) is 6.97. The summed E-state index contributed by atoms with van der Waals surface area (Å²) in [6.07, 6.45) is 0.495. The van der Waals surface area contributed by atoms with Crippen LogP contribution in [0, 0.1) is 17.1 Å². The van der Waals surface area contributed by atoms with E-state index in [4.69, 9.17) is 16.9 Å². The first-order valence-electron chi connectivity index (χ1n) is 9.37. The average molecular weight is 443 g/mol. The van der Waals surface area contributed by atoms with E-state index in [2.05, 4.69) is 0 Å². The molecule has 30 heavy (non-hydrogen) atoms. The van der Waals surface area contributed by atoms with Crippen LogP contribution in [0.1, 0.15) is 36.1 Å². The Kier molecular flexibility index (Phi) is 6.88. The zero-order valence-electron chi connectivity index (χ0n) is 16.3. The summed E-state index contributed by atoms with van der Waals surface area (Å²) in [7, 11) is -3.96. The molecule has 0 aromatic heterocycles. The van der Waals surface area contributed by atoms with Gasteiger partial charge in [0.1, 0.15) is 5.82 Å². The lowest BCUT2D eigenvalue weighted by Crippen LogP contribution is -2.34.